The van der Waals surface area contributed by atoms with Gasteiger partial charge in [0.15, 0.2) is 0 Å². The summed E-state index contributed by atoms with van der Waals surface area (Å²) in [6.07, 6.45) is 2.39. The molecular formula is C20H39N5O3. The van der Waals surface area contributed by atoms with E-state index >= 15 is 0 Å². The smallest absolute Gasteiger partial charge is 0.242 e. The van der Waals surface area contributed by atoms with Gasteiger partial charge in [-0.25, -0.2) is 0 Å². The second-order valence-electron chi connectivity index (χ2n) is 8.13. The average molecular weight is 398 g/mol. The zero-order valence-corrected chi connectivity index (χ0v) is 18.2. The van der Waals surface area contributed by atoms with E-state index in [0.29, 0.717) is 6.42 Å². The minimum atomic E-state index is -0.617. The molecule has 8 heteroatoms. The minimum Gasteiger partial charge on any atom is -0.347 e. The van der Waals surface area contributed by atoms with Crippen LogP contribution >= 0.6 is 0 Å². The molecule has 162 valence electrons. The summed E-state index contributed by atoms with van der Waals surface area (Å²) < 4.78 is 0. The van der Waals surface area contributed by atoms with Crippen LogP contribution in [0.5, 0.6) is 0 Å². The molecule has 0 aliphatic carbocycles. The van der Waals surface area contributed by atoms with Crippen molar-refractivity contribution in [1.82, 2.24) is 25.8 Å². The van der Waals surface area contributed by atoms with Gasteiger partial charge in [0.2, 0.25) is 11.8 Å². The standard InChI is InChI=1S/C20H39N5O3/c1-15(2)18(21-4)20(28)23-17(19(27)22-14-16(3)26)8-6-7-9-25-12-10-24(5)11-13-25/h15,17-18,21H,6-14H2,1-5H3,(H,22,27)(H,23,28)/t17-,18-/m0/s1. The monoisotopic (exact) mass is 397 g/mol. The molecule has 1 saturated heterocycles. The number of nitrogens with one attached hydrogen (secondary N) is 3. The summed E-state index contributed by atoms with van der Waals surface area (Å²) in [5, 5.41) is 8.50. The molecule has 2 atom stereocenters. The summed E-state index contributed by atoms with van der Waals surface area (Å²) >= 11 is 0. The Morgan fingerprint density at radius 3 is 2.18 bits per heavy atom. The minimum absolute atomic E-state index is 0.00780. The highest BCUT2D eigenvalue weighted by atomic mass is 16.2. The number of hydrogen-bond donors (Lipinski definition) is 3. The van der Waals surface area contributed by atoms with Crippen LogP contribution in [-0.4, -0.2) is 92.8 Å². The second kappa shape index (κ2) is 12.9. The topological polar surface area (TPSA) is 93.8 Å². The number of rotatable bonds is 12. The van der Waals surface area contributed by atoms with Crippen LogP contribution in [0.4, 0.5) is 0 Å². The lowest BCUT2D eigenvalue weighted by Crippen LogP contribution is -2.54. The van der Waals surface area contributed by atoms with Crippen molar-refractivity contribution in [2.45, 2.75) is 52.1 Å². The van der Waals surface area contributed by atoms with Gasteiger partial charge in [0, 0.05) is 26.2 Å². The molecule has 1 aliphatic heterocycles. The highest BCUT2D eigenvalue weighted by molar-refractivity contribution is 5.91. The molecule has 0 bridgehead atoms. The molecule has 0 unspecified atom stereocenters. The van der Waals surface area contributed by atoms with Crippen LogP contribution in [0, 0.1) is 5.92 Å². The Bertz CT molecular complexity index is 504. The van der Waals surface area contributed by atoms with Gasteiger partial charge in [-0.1, -0.05) is 13.8 Å². The molecule has 0 aromatic rings. The second-order valence-corrected chi connectivity index (χ2v) is 8.13. The average Bonchev–Trinajstić information content (AvgIpc) is 2.63. The first-order chi connectivity index (χ1) is 13.2. The van der Waals surface area contributed by atoms with E-state index < -0.39 is 6.04 Å². The van der Waals surface area contributed by atoms with Gasteiger partial charge in [0.1, 0.15) is 11.8 Å². The van der Waals surface area contributed by atoms with Crippen molar-refractivity contribution in [2.24, 2.45) is 5.92 Å². The van der Waals surface area contributed by atoms with E-state index in [4.69, 9.17) is 0 Å². The number of unbranched alkanes of at least 4 members (excludes halogenated alkanes) is 1. The zero-order chi connectivity index (χ0) is 21.1. The fourth-order valence-corrected chi connectivity index (χ4v) is 3.39. The van der Waals surface area contributed by atoms with E-state index in [1.54, 1.807) is 7.05 Å². The van der Waals surface area contributed by atoms with Crippen molar-refractivity contribution in [1.29, 1.82) is 0 Å². The molecule has 2 amide bonds. The third kappa shape index (κ3) is 9.12. The molecule has 0 spiro atoms. The lowest BCUT2D eigenvalue weighted by Gasteiger charge is -2.32. The predicted octanol–water partition coefficient (Wildman–Crippen LogP) is -0.162. The van der Waals surface area contributed by atoms with Gasteiger partial charge >= 0.3 is 0 Å². The maximum Gasteiger partial charge on any atom is 0.242 e. The van der Waals surface area contributed by atoms with Crippen LogP contribution in [0.2, 0.25) is 0 Å². The molecule has 0 saturated carbocycles. The predicted molar refractivity (Wildman–Crippen MR) is 111 cm³/mol. The lowest BCUT2D eigenvalue weighted by molar-refractivity contribution is -0.131. The SMILES string of the molecule is CN[C@H](C(=O)N[C@@H](CCCCN1CCN(C)CC1)C(=O)NCC(C)=O)C(C)C. The van der Waals surface area contributed by atoms with Gasteiger partial charge in [0.05, 0.1) is 12.6 Å². The van der Waals surface area contributed by atoms with E-state index in [2.05, 4.69) is 32.8 Å². The Labute approximate surface area is 169 Å². The van der Waals surface area contributed by atoms with Gasteiger partial charge in [-0.3, -0.25) is 14.4 Å². The molecule has 3 N–H and O–H groups in total. The number of ketones is 1. The van der Waals surface area contributed by atoms with Gasteiger partial charge in [0.25, 0.3) is 0 Å². The van der Waals surface area contributed by atoms with Crippen molar-refractivity contribution in [3.8, 4) is 0 Å². The van der Waals surface area contributed by atoms with Crippen molar-refractivity contribution >= 4 is 17.6 Å². The summed E-state index contributed by atoms with van der Waals surface area (Å²) in [6, 6.07) is -0.970. The Balaban J connectivity index is 2.53. The van der Waals surface area contributed by atoms with Crippen LogP contribution in [0.15, 0.2) is 0 Å². The van der Waals surface area contributed by atoms with Crippen molar-refractivity contribution in [2.75, 3.05) is 53.4 Å². The zero-order valence-electron chi connectivity index (χ0n) is 18.2. The van der Waals surface area contributed by atoms with E-state index in [9.17, 15) is 14.4 Å². The van der Waals surface area contributed by atoms with Crippen molar-refractivity contribution in [3.05, 3.63) is 0 Å². The normalized spacial score (nSPS) is 17.9. The highest BCUT2D eigenvalue weighted by Crippen LogP contribution is 2.08. The Kier molecular flexibility index (Phi) is 11.3. The van der Waals surface area contributed by atoms with Crippen molar-refractivity contribution < 1.29 is 14.4 Å². The van der Waals surface area contributed by atoms with Crippen LogP contribution in [0.3, 0.4) is 0 Å². The molecular weight excluding hydrogens is 358 g/mol. The molecule has 0 radical (unpaired) electrons. The van der Waals surface area contributed by atoms with Crippen LogP contribution in [0.1, 0.15) is 40.0 Å². The first-order valence-electron chi connectivity index (χ1n) is 10.4. The summed E-state index contributed by atoms with van der Waals surface area (Å²) in [5.41, 5.74) is 0. The number of nitrogens with zero attached hydrogens (tertiary/aromatic N) is 2. The van der Waals surface area contributed by atoms with Gasteiger partial charge < -0.3 is 25.8 Å². The molecule has 8 nitrogen and oxygen atoms in total. The third-order valence-electron chi connectivity index (χ3n) is 5.22. The lowest BCUT2D eigenvalue weighted by atomic mass is 10.0. The first kappa shape index (κ1) is 24.5. The third-order valence-corrected chi connectivity index (χ3v) is 5.22. The van der Waals surface area contributed by atoms with E-state index in [-0.39, 0.29) is 36.1 Å². The number of Topliss-reactive ketones (excluding diaryl/α,β-unsaturated/α-hetero) is 1. The highest BCUT2D eigenvalue weighted by Gasteiger charge is 2.26. The number of carbonyl (C=O) groups is 3. The maximum atomic E-state index is 12.5. The van der Waals surface area contributed by atoms with E-state index in [1.807, 2.05) is 13.8 Å². The van der Waals surface area contributed by atoms with Crippen LogP contribution in [0.25, 0.3) is 0 Å². The molecule has 28 heavy (non-hydrogen) atoms. The van der Waals surface area contributed by atoms with Gasteiger partial charge in [-0.2, -0.15) is 0 Å². The quantitative estimate of drug-likeness (QED) is 0.396. The number of likely N-dealkylation sites (N-methyl/N-ethyl adjacent to an activating group) is 2. The molecule has 0 aromatic heterocycles. The Hall–Kier alpha value is -1.51. The number of carbonyl (C=O) groups excluding carboxylic acids is 3. The van der Waals surface area contributed by atoms with Crippen LogP contribution < -0.4 is 16.0 Å². The van der Waals surface area contributed by atoms with Gasteiger partial charge in [-0.15, -0.1) is 0 Å². The number of amides is 2. The molecule has 1 heterocycles. The molecule has 1 fully saturated rings. The number of hydrogen-bond acceptors (Lipinski definition) is 6. The first-order valence-corrected chi connectivity index (χ1v) is 10.4. The summed E-state index contributed by atoms with van der Waals surface area (Å²) in [5.74, 6) is -0.465. The molecule has 1 rings (SSSR count). The number of piperazine rings is 1. The van der Waals surface area contributed by atoms with Crippen molar-refractivity contribution in [3.63, 3.8) is 0 Å². The van der Waals surface area contributed by atoms with E-state index in [1.165, 1.54) is 6.92 Å². The fourth-order valence-electron chi connectivity index (χ4n) is 3.39. The van der Waals surface area contributed by atoms with Gasteiger partial charge in [-0.05, 0) is 52.7 Å². The Morgan fingerprint density at radius 2 is 1.64 bits per heavy atom. The summed E-state index contributed by atoms with van der Waals surface area (Å²) in [7, 11) is 3.88. The largest absolute Gasteiger partial charge is 0.347 e. The van der Waals surface area contributed by atoms with Crippen LogP contribution in [-0.2, 0) is 14.4 Å². The summed E-state index contributed by atoms with van der Waals surface area (Å²) in [6.45, 7) is 10.7. The van der Waals surface area contributed by atoms with E-state index in [0.717, 1.165) is 45.6 Å². The Morgan fingerprint density at radius 1 is 1.00 bits per heavy atom. The summed E-state index contributed by atoms with van der Waals surface area (Å²) in [4.78, 5) is 41.0. The fraction of sp³-hybridized carbons (Fsp3) is 0.850. The maximum absolute atomic E-state index is 12.5. The molecule has 0 aromatic carbocycles. The molecule has 1 aliphatic rings.